The van der Waals surface area contributed by atoms with Gasteiger partial charge in [-0.3, -0.25) is 0 Å². The monoisotopic (exact) mass is 181 g/mol. The summed E-state index contributed by atoms with van der Waals surface area (Å²) in [5.74, 6) is 0. The molecule has 0 amide bonds. The van der Waals surface area contributed by atoms with Crippen LogP contribution in [0.4, 0.5) is 5.13 Å². The fourth-order valence-electron chi connectivity index (χ4n) is 0.948. The minimum absolute atomic E-state index is 0.630. The lowest BCUT2D eigenvalue weighted by molar-refractivity contribution is 0.743. The molecule has 0 aliphatic heterocycles. The molecule has 4 heteroatoms. The molecule has 0 spiro atoms. The molecular weight excluding hydrogens is 170 g/mol. The molecule has 1 heterocycles. The summed E-state index contributed by atoms with van der Waals surface area (Å²) in [5, 5.41) is 10.9. The van der Waals surface area contributed by atoms with Gasteiger partial charge >= 0.3 is 0 Å². The zero-order valence-electron chi connectivity index (χ0n) is 6.79. The van der Waals surface area contributed by atoms with E-state index in [1.807, 2.05) is 5.38 Å². The Balaban J connectivity index is 2.21. The predicted molar refractivity (Wildman–Crippen MR) is 49.7 cm³/mol. The second kappa shape index (κ2) is 4.73. The zero-order chi connectivity index (χ0) is 8.81. The zero-order valence-corrected chi connectivity index (χ0v) is 7.60. The lowest BCUT2D eigenvalue weighted by Gasteiger charge is -1.92. The van der Waals surface area contributed by atoms with Crippen molar-refractivity contribution in [2.24, 2.45) is 0 Å². The van der Waals surface area contributed by atoms with Crippen LogP contribution in [0.1, 0.15) is 25.0 Å². The summed E-state index contributed by atoms with van der Waals surface area (Å²) in [6, 6.07) is 2.12. The van der Waals surface area contributed by atoms with Crippen LogP contribution >= 0.6 is 11.3 Å². The minimum atomic E-state index is 0.630. The summed E-state index contributed by atoms with van der Waals surface area (Å²) < 4.78 is 0. The number of nitriles is 1. The molecule has 0 radical (unpaired) electrons. The van der Waals surface area contributed by atoms with E-state index in [1.165, 1.54) is 11.3 Å². The van der Waals surface area contributed by atoms with E-state index in [0.29, 0.717) is 11.6 Å². The normalized spacial score (nSPS) is 9.58. The molecule has 64 valence electrons. The van der Waals surface area contributed by atoms with E-state index in [4.69, 9.17) is 11.0 Å². The lowest BCUT2D eigenvalue weighted by atomic mass is 10.2. The third-order valence-corrected chi connectivity index (χ3v) is 2.26. The summed E-state index contributed by atoms with van der Waals surface area (Å²) in [6.45, 7) is 0. The number of hydrogen-bond acceptors (Lipinski definition) is 4. The van der Waals surface area contributed by atoms with Gasteiger partial charge in [0.1, 0.15) is 0 Å². The molecule has 12 heavy (non-hydrogen) atoms. The number of nitrogen functional groups attached to an aromatic ring is 1. The maximum absolute atomic E-state index is 8.28. The van der Waals surface area contributed by atoms with Gasteiger partial charge in [0, 0.05) is 11.8 Å². The average Bonchev–Trinajstić information content (AvgIpc) is 2.45. The van der Waals surface area contributed by atoms with Crippen molar-refractivity contribution in [3.63, 3.8) is 0 Å². The van der Waals surface area contributed by atoms with Crippen molar-refractivity contribution in [1.29, 1.82) is 5.26 Å². The van der Waals surface area contributed by atoms with Gasteiger partial charge in [0.05, 0.1) is 11.8 Å². The van der Waals surface area contributed by atoms with Gasteiger partial charge in [0.2, 0.25) is 0 Å². The number of rotatable bonds is 4. The number of nitrogens with zero attached hydrogens (tertiary/aromatic N) is 2. The Bertz CT molecular complexity index is 274. The molecule has 0 fully saturated rings. The summed E-state index contributed by atoms with van der Waals surface area (Å²) in [6.07, 6.45) is 3.56. The van der Waals surface area contributed by atoms with Crippen LogP contribution in [0, 0.1) is 11.3 Å². The Hall–Kier alpha value is -1.08. The molecular formula is C8H11N3S. The van der Waals surface area contributed by atoms with Crippen LogP contribution in [0.25, 0.3) is 0 Å². The summed E-state index contributed by atoms with van der Waals surface area (Å²) >= 11 is 1.47. The maximum Gasteiger partial charge on any atom is 0.180 e. The quantitative estimate of drug-likeness (QED) is 0.722. The van der Waals surface area contributed by atoms with Crippen molar-refractivity contribution in [3.05, 3.63) is 11.1 Å². The van der Waals surface area contributed by atoms with Crippen molar-refractivity contribution in [3.8, 4) is 6.07 Å². The number of thiazole rings is 1. The first-order chi connectivity index (χ1) is 5.83. The van der Waals surface area contributed by atoms with Crippen molar-refractivity contribution in [1.82, 2.24) is 4.98 Å². The van der Waals surface area contributed by atoms with E-state index in [2.05, 4.69) is 11.1 Å². The summed E-state index contributed by atoms with van der Waals surface area (Å²) in [7, 11) is 0. The fourth-order valence-corrected chi connectivity index (χ4v) is 1.54. The Morgan fingerprint density at radius 3 is 3.00 bits per heavy atom. The van der Waals surface area contributed by atoms with Crippen LogP contribution < -0.4 is 5.73 Å². The van der Waals surface area contributed by atoms with Crippen LogP contribution in [0.3, 0.4) is 0 Å². The molecule has 3 nitrogen and oxygen atoms in total. The molecule has 1 aromatic rings. The van der Waals surface area contributed by atoms with Crippen LogP contribution in [-0.2, 0) is 6.42 Å². The molecule has 0 unspecified atom stereocenters. The molecule has 0 atom stereocenters. The molecule has 2 N–H and O–H groups in total. The third-order valence-electron chi connectivity index (χ3n) is 1.54. The van der Waals surface area contributed by atoms with Gasteiger partial charge in [-0.15, -0.1) is 11.3 Å². The van der Waals surface area contributed by atoms with E-state index >= 15 is 0 Å². The molecule has 0 saturated carbocycles. The number of nitrogens with two attached hydrogens (primary N) is 1. The van der Waals surface area contributed by atoms with E-state index in [9.17, 15) is 0 Å². The first kappa shape index (κ1) is 9.01. The number of anilines is 1. The maximum atomic E-state index is 8.28. The van der Waals surface area contributed by atoms with Gasteiger partial charge in [-0.2, -0.15) is 5.26 Å². The Morgan fingerprint density at radius 2 is 2.42 bits per heavy atom. The third kappa shape index (κ3) is 2.89. The smallest absolute Gasteiger partial charge is 0.180 e. The Kier molecular flexibility index (Phi) is 3.55. The second-order valence-corrected chi connectivity index (χ2v) is 3.43. The van der Waals surface area contributed by atoms with Gasteiger partial charge < -0.3 is 5.73 Å². The molecule has 1 aromatic heterocycles. The molecule has 0 bridgehead atoms. The lowest BCUT2D eigenvalue weighted by Crippen LogP contribution is -1.87. The first-order valence-electron chi connectivity index (χ1n) is 3.90. The molecule has 0 aromatic carbocycles. The van der Waals surface area contributed by atoms with Gasteiger partial charge in [-0.1, -0.05) is 0 Å². The highest BCUT2D eigenvalue weighted by atomic mass is 32.1. The number of aromatic nitrogens is 1. The van der Waals surface area contributed by atoms with Crippen LogP contribution in [0.5, 0.6) is 0 Å². The number of unbranched alkanes of at least 4 members (excludes halogenated alkanes) is 2. The predicted octanol–water partition coefficient (Wildman–Crippen LogP) is 1.96. The van der Waals surface area contributed by atoms with E-state index in [1.54, 1.807) is 0 Å². The second-order valence-electron chi connectivity index (χ2n) is 2.54. The SMILES string of the molecule is N#CCCCCc1csc(N)n1. The van der Waals surface area contributed by atoms with Gasteiger partial charge in [-0.05, 0) is 19.3 Å². The standard InChI is InChI=1S/C8H11N3S/c9-5-3-1-2-4-7-6-12-8(10)11-7/h6H,1-4H2,(H2,10,11). The van der Waals surface area contributed by atoms with E-state index < -0.39 is 0 Å². The van der Waals surface area contributed by atoms with Gasteiger partial charge in [-0.25, -0.2) is 4.98 Å². The summed E-state index contributed by atoms with van der Waals surface area (Å²) in [4.78, 5) is 4.12. The highest BCUT2D eigenvalue weighted by molar-refractivity contribution is 7.13. The fraction of sp³-hybridized carbons (Fsp3) is 0.500. The van der Waals surface area contributed by atoms with Crippen LogP contribution in [0.2, 0.25) is 0 Å². The molecule has 0 aliphatic rings. The number of aryl methyl sites for hydroxylation is 1. The van der Waals surface area contributed by atoms with Crippen LogP contribution in [0.15, 0.2) is 5.38 Å². The van der Waals surface area contributed by atoms with Crippen LogP contribution in [-0.4, -0.2) is 4.98 Å². The molecule has 1 rings (SSSR count). The largest absolute Gasteiger partial charge is 0.375 e. The Morgan fingerprint density at radius 1 is 1.58 bits per heavy atom. The molecule has 0 saturated heterocycles. The van der Waals surface area contributed by atoms with Gasteiger partial charge in [0.25, 0.3) is 0 Å². The van der Waals surface area contributed by atoms with Gasteiger partial charge in [0.15, 0.2) is 5.13 Å². The number of hydrogen-bond donors (Lipinski definition) is 1. The van der Waals surface area contributed by atoms with Crippen molar-refractivity contribution < 1.29 is 0 Å². The highest BCUT2D eigenvalue weighted by Crippen LogP contribution is 2.13. The summed E-state index contributed by atoms with van der Waals surface area (Å²) in [5.41, 5.74) is 6.52. The van der Waals surface area contributed by atoms with E-state index in [-0.39, 0.29) is 0 Å². The average molecular weight is 181 g/mol. The highest BCUT2D eigenvalue weighted by Gasteiger charge is 1.97. The first-order valence-corrected chi connectivity index (χ1v) is 4.77. The van der Waals surface area contributed by atoms with E-state index in [0.717, 1.165) is 25.0 Å². The van der Waals surface area contributed by atoms with Crippen molar-refractivity contribution >= 4 is 16.5 Å². The Labute approximate surface area is 75.8 Å². The topological polar surface area (TPSA) is 62.7 Å². The molecule has 0 aliphatic carbocycles. The minimum Gasteiger partial charge on any atom is -0.375 e. The van der Waals surface area contributed by atoms with Crippen molar-refractivity contribution in [2.45, 2.75) is 25.7 Å². The van der Waals surface area contributed by atoms with Crippen molar-refractivity contribution in [2.75, 3.05) is 5.73 Å².